The van der Waals surface area contributed by atoms with Crippen molar-refractivity contribution in [3.8, 4) is 17.2 Å². The number of likely N-dealkylation sites (N-methyl/N-ethyl adjacent to an activating group) is 1. The zero-order valence-electron chi connectivity index (χ0n) is 25.1. The zero-order chi connectivity index (χ0) is 30.5. The highest BCUT2D eigenvalue weighted by Crippen LogP contribution is 2.45. The van der Waals surface area contributed by atoms with Crippen molar-refractivity contribution in [2.45, 2.75) is 18.4 Å². The van der Waals surface area contributed by atoms with Crippen molar-refractivity contribution in [1.29, 1.82) is 0 Å². The van der Waals surface area contributed by atoms with E-state index in [2.05, 4.69) is 21.2 Å². The van der Waals surface area contributed by atoms with Crippen LogP contribution in [0, 0.1) is 0 Å². The van der Waals surface area contributed by atoms with Crippen LogP contribution in [0.5, 0.6) is 17.2 Å². The fourth-order valence-electron chi connectivity index (χ4n) is 6.08. The van der Waals surface area contributed by atoms with Crippen LogP contribution in [0.3, 0.4) is 0 Å². The predicted molar refractivity (Wildman–Crippen MR) is 168 cm³/mol. The lowest BCUT2D eigenvalue weighted by Gasteiger charge is -2.40. The van der Waals surface area contributed by atoms with Crippen LogP contribution in [0.2, 0.25) is 5.02 Å². The van der Waals surface area contributed by atoms with Gasteiger partial charge in [0.25, 0.3) is 5.91 Å². The summed E-state index contributed by atoms with van der Waals surface area (Å²) < 4.78 is 16.4. The van der Waals surface area contributed by atoms with Gasteiger partial charge in [-0.3, -0.25) is 14.5 Å². The fourth-order valence-corrected chi connectivity index (χ4v) is 6.26. The van der Waals surface area contributed by atoms with Gasteiger partial charge in [-0.05, 0) is 66.6 Å². The largest absolute Gasteiger partial charge is 0.497 e. The highest BCUT2D eigenvalue weighted by molar-refractivity contribution is 6.30. The highest BCUT2D eigenvalue weighted by atomic mass is 35.5. The number of halogens is 1. The number of ether oxygens (including phenoxy) is 3. The van der Waals surface area contributed by atoms with Crippen LogP contribution < -0.4 is 24.4 Å². The Hall–Kier alpha value is -3.95. The molecule has 1 saturated heterocycles. The Labute approximate surface area is 258 Å². The first kappa shape index (κ1) is 30.5. The topological polar surface area (TPSA) is 83.6 Å². The minimum Gasteiger partial charge on any atom is -0.497 e. The molecule has 1 N–H and O–H groups in total. The summed E-state index contributed by atoms with van der Waals surface area (Å²) in [5, 5.41) is 3.92. The Bertz CT molecular complexity index is 1440. The quantitative estimate of drug-likeness (QED) is 0.338. The van der Waals surface area contributed by atoms with E-state index >= 15 is 0 Å². The van der Waals surface area contributed by atoms with E-state index in [1.165, 1.54) is 7.11 Å². The maximum Gasteiger partial charge on any atom is 0.254 e. The molecule has 0 aliphatic carbocycles. The average molecular weight is 607 g/mol. The Kier molecular flexibility index (Phi) is 9.62. The second-order valence-corrected chi connectivity index (χ2v) is 11.3. The Morgan fingerprint density at radius 3 is 2.28 bits per heavy atom. The summed E-state index contributed by atoms with van der Waals surface area (Å²) in [6.07, 6.45) is 0.816. The first-order valence-corrected chi connectivity index (χ1v) is 14.9. The number of fused-ring (bicyclic) bond motifs is 1. The number of rotatable bonds is 10. The Balaban J connectivity index is 1.29. The monoisotopic (exact) mass is 606 g/mol. The maximum absolute atomic E-state index is 14.0. The van der Waals surface area contributed by atoms with E-state index in [-0.39, 0.29) is 11.8 Å². The van der Waals surface area contributed by atoms with E-state index in [1.807, 2.05) is 42.5 Å². The summed E-state index contributed by atoms with van der Waals surface area (Å²) in [5.74, 6) is 0.654. The number of methoxy groups -OCH3 is 3. The second-order valence-electron chi connectivity index (χ2n) is 10.9. The van der Waals surface area contributed by atoms with Crippen LogP contribution in [0.25, 0.3) is 0 Å². The molecule has 3 aromatic carbocycles. The number of nitrogens with one attached hydrogen (secondary N) is 1. The van der Waals surface area contributed by atoms with Gasteiger partial charge in [-0.15, -0.1) is 0 Å². The summed E-state index contributed by atoms with van der Waals surface area (Å²) in [5.41, 5.74) is 3.05. The summed E-state index contributed by atoms with van der Waals surface area (Å²) in [6, 6.07) is 18.4. The molecular weight excluding hydrogens is 568 g/mol. The van der Waals surface area contributed by atoms with E-state index in [1.54, 1.807) is 38.3 Å². The molecule has 10 heteroatoms. The number of amides is 2. The summed E-state index contributed by atoms with van der Waals surface area (Å²) in [4.78, 5) is 34.0. The normalized spacial score (nSPS) is 18.7. The lowest BCUT2D eigenvalue weighted by molar-refractivity contribution is -0.124. The van der Waals surface area contributed by atoms with E-state index in [0.717, 1.165) is 55.4 Å². The van der Waals surface area contributed by atoms with Crippen LogP contribution in [0.15, 0.2) is 60.7 Å². The van der Waals surface area contributed by atoms with Gasteiger partial charge >= 0.3 is 0 Å². The molecule has 228 valence electrons. The maximum atomic E-state index is 14.0. The number of carbonyl (C=O) groups is 2. The van der Waals surface area contributed by atoms with Gasteiger partial charge < -0.3 is 29.3 Å². The van der Waals surface area contributed by atoms with Crippen LogP contribution in [-0.4, -0.2) is 89.3 Å². The minimum absolute atomic E-state index is 0.139. The van der Waals surface area contributed by atoms with Gasteiger partial charge in [0.15, 0.2) is 11.5 Å². The molecule has 0 spiro atoms. The summed E-state index contributed by atoms with van der Waals surface area (Å²) in [6.45, 7) is 5.17. The van der Waals surface area contributed by atoms with Crippen LogP contribution in [0.4, 0.5) is 5.69 Å². The molecule has 1 fully saturated rings. The van der Waals surface area contributed by atoms with Crippen LogP contribution >= 0.6 is 11.6 Å². The Morgan fingerprint density at radius 1 is 0.930 bits per heavy atom. The number of piperazine rings is 1. The molecule has 3 aromatic rings. The van der Waals surface area contributed by atoms with E-state index in [0.29, 0.717) is 34.9 Å². The first-order chi connectivity index (χ1) is 20.8. The molecule has 9 nitrogen and oxygen atoms in total. The van der Waals surface area contributed by atoms with Gasteiger partial charge in [0.2, 0.25) is 5.91 Å². The third kappa shape index (κ3) is 6.53. The Morgan fingerprint density at radius 2 is 1.63 bits per heavy atom. The summed E-state index contributed by atoms with van der Waals surface area (Å²) in [7, 11) is 6.42. The van der Waals surface area contributed by atoms with Gasteiger partial charge in [-0.2, -0.15) is 0 Å². The van der Waals surface area contributed by atoms with Crippen molar-refractivity contribution in [1.82, 2.24) is 15.1 Å². The van der Waals surface area contributed by atoms with E-state index in [9.17, 15) is 9.59 Å². The molecule has 0 unspecified atom stereocenters. The van der Waals surface area contributed by atoms with Crippen molar-refractivity contribution in [3.05, 3.63) is 82.4 Å². The summed E-state index contributed by atoms with van der Waals surface area (Å²) >= 11 is 6.18. The van der Waals surface area contributed by atoms with E-state index < -0.39 is 12.0 Å². The molecule has 2 atom stereocenters. The van der Waals surface area contributed by atoms with Gasteiger partial charge in [0.1, 0.15) is 5.75 Å². The van der Waals surface area contributed by atoms with Gasteiger partial charge in [-0.1, -0.05) is 29.8 Å². The van der Waals surface area contributed by atoms with Gasteiger partial charge in [-0.25, -0.2) is 0 Å². The third-order valence-electron chi connectivity index (χ3n) is 8.41. The molecular formula is C33H39ClN4O5. The second kappa shape index (κ2) is 13.6. The average Bonchev–Trinajstić information content (AvgIpc) is 3.04. The first-order valence-electron chi connectivity index (χ1n) is 14.5. The molecule has 2 aliphatic heterocycles. The smallest absolute Gasteiger partial charge is 0.254 e. The molecule has 43 heavy (non-hydrogen) atoms. The molecule has 2 amide bonds. The number of benzene rings is 3. The van der Waals surface area contributed by atoms with Gasteiger partial charge in [0.05, 0.1) is 33.3 Å². The van der Waals surface area contributed by atoms with Crippen molar-refractivity contribution in [3.63, 3.8) is 0 Å². The lowest BCUT2D eigenvalue weighted by Crippen LogP contribution is -2.47. The fraction of sp³-hybridized carbons (Fsp3) is 0.394. The standard InChI is InChI=1S/C33H39ClN4O5/c1-36-31(22-9-11-25(41-2)12-10-22)30(26-20-28(42-3)29(43-4)21-27(26)33(36)40)32(39)35-13-6-14-37-15-17-38(18-16-37)24-8-5-7-23(34)19-24/h5,7-12,19-21,30-31H,6,13-18H2,1-4H3,(H,35,39)/t30-,31-/m1/s1. The highest BCUT2D eigenvalue weighted by Gasteiger charge is 2.43. The third-order valence-corrected chi connectivity index (χ3v) is 8.65. The molecule has 2 aliphatic rings. The van der Waals surface area contributed by atoms with Crippen molar-refractivity contribution < 1.29 is 23.8 Å². The van der Waals surface area contributed by atoms with Crippen molar-refractivity contribution >= 4 is 29.1 Å². The van der Waals surface area contributed by atoms with Crippen LogP contribution in [-0.2, 0) is 4.79 Å². The minimum atomic E-state index is -0.646. The molecule has 0 saturated carbocycles. The van der Waals surface area contributed by atoms with Gasteiger partial charge in [0, 0.05) is 56.0 Å². The molecule has 0 radical (unpaired) electrons. The molecule has 0 aromatic heterocycles. The predicted octanol–water partition coefficient (Wildman–Crippen LogP) is 4.60. The van der Waals surface area contributed by atoms with E-state index in [4.69, 9.17) is 25.8 Å². The number of carbonyl (C=O) groups excluding carboxylic acids is 2. The van der Waals surface area contributed by atoms with Crippen LogP contribution in [0.1, 0.15) is 39.9 Å². The molecule has 5 rings (SSSR count). The SMILES string of the molecule is COc1ccc([C@@H]2[C@H](C(=O)NCCCN3CCN(c4cccc(Cl)c4)CC3)c3cc(OC)c(OC)cc3C(=O)N2C)cc1. The molecule has 2 heterocycles. The number of hydrogen-bond acceptors (Lipinski definition) is 7. The van der Waals surface area contributed by atoms with Crippen molar-refractivity contribution in [2.75, 3.05) is 72.5 Å². The molecule has 0 bridgehead atoms. The number of nitrogens with zero attached hydrogens (tertiary/aromatic N) is 3. The van der Waals surface area contributed by atoms with Crippen molar-refractivity contribution in [2.24, 2.45) is 0 Å². The number of anilines is 1. The zero-order valence-corrected chi connectivity index (χ0v) is 25.9. The number of hydrogen-bond donors (Lipinski definition) is 1. The lowest BCUT2D eigenvalue weighted by atomic mass is 9.79.